The van der Waals surface area contributed by atoms with Crippen LogP contribution in [0, 0.1) is 17.5 Å². The summed E-state index contributed by atoms with van der Waals surface area (Å²) in [6.07, 6.45) is 0.974. The fourth-order valence-corrected chi connectivity index (χ4v) is 2.54. The first-order valence-corrected chi connectivity index (χ1v) is 6.17. The standard InChI is InChI=1S/C11H11F3N2S/c1-6-2-3-17-11(15-6)16-7-4-8(12)10(14)9(13)5-7/h4-6H,2-3H2,1H3,(H,15,16). The molecule has 0 radical (unpaired) electrons. The summed E-state index contributed by atoms with van der Waals surface area (Å²) < 4.78 is 38.7. The third-order valence-corrected chi connectivity index (χ3v) is 3.27. The summed E-state index contributed by atoms with van der Waals surface area (Å²) in [7, 11) is 0. The fraction of sp³-hybridized carbons (Fsp3) is 0.364. The van der Waals surface area contributed by atoms with Gasteiger partial charge in [-0.1, -0.05) is 11.8 Å². The molecule has 0 amide bonds. The van der Waals surface area contributed by atoms with E-state index in [9.17, 15) is 13.2 Å². The molecule has 0 spiro atoms. The number of hydrogen-bond acceptors (Lipinski definition) is 3. The van der Waals surface area contributed by atoms with Crippen molar-refractivity contribution in [1.82, 2.24) is 0 Å². The summed E-state index contributed by atoms with van der Waals surface area (Å²) in [4.78, 5) is 4.29. The van der Waals surface area contributed by atoms with E-state index in [2.05, 4.69) is 10.3 Å². The summed E-state index contributed by atoms with van der Waals surface area (Å²) in [5, 5.41) is 3.39. The van der Waals surface area contributed by atoms with Gasteiger partial charge in [0.25, 0.3) is 0 Å². The van der Waals surface area contributed by atoms with Crippen LogP contribution in [0.5, 0.6) is 0 Å². The molecule has 1 aromatic carbocycles. The number of nitrogens with zero attached hydrogens (tertiary/aromatic N) is 1. The van der Waals surface area contributed by atoms with Crippen molar-refractivity contribution in [3.8, 4) is 0 Å². The monoisotopic (exact) mass is 260 g/mol. The second-order valence-corrected chi connectivity index (χ2v) is 4.88. The van der Waals surface area contributed by atoms with Crippen molar-refractivity contribution < 1.29 is 13.2 Å². The highest BCUT2D eigenvalue weighted by molar-refractivity contribution is 8.14. The number of thioether (sulfide) groups is 1. The van der Waals surface area contributed by atoms with Crippen LogP contribution >= 0.6 is 11.8 Å². The van der Waals surface area contributed by atoms with Crippen LogP contribution in [0.25, 0.3) is 0 Å². The van der Waals surface area contributed by atoms with Crippen molar-refractivity contribution in [2.75, 3.05) is 11.1 Å². The van der Waals surface area contributed by atoms with Gasteiger partial charge in [-0.25, -0.2) is 13.2 Å². The molecule has 1 heterocycles. The van der Waals surface area contributed by atoms with Crippen molar-refractivity contribution in [3.05, 3.63) is 29.6 Å². The SMILES string of the molecule is CC1CCSC(Nc2cc(F)c(F)c(F)c2)=N1. The Morgan fingerprint density at radius 3 is 2.53 bits per heavy atom. The van der Waals surface area contributed by atoms with Crippen molar-refractivity contribution in [3.63, 3.8) is 0 Å². The molecule has 2 rings (SSSR count). The number of nitrogens with one attached hydrogen (secondary N) is 1. The van der Waals surface area contributed by atoms with E-state index in [0.29, 0.717) is 5.17 Å². The molecule has 92 valence electrons. The lowest BCUT2D eigenvalue weighted by atomic mass is 10.3. The van der Waals surface area contributed by atoms with Crippen molar-refractivity contribution in [1.29, 1.82) is 0 Å². The molecule has 0 aromatic heterocycles. The highest BCUT2D eigenvalue weighted by atomic mass is 32.2. The third-order valence-electron chi connectivity index (χ3n) is 2.35. The highest BCUT2D eigenvalue weighted by Crippen LogP contribution is 2.22. The average molecular weight is 260 g/mol. The van der Waals surface area contributed by atoms with Gasteiger partial charge in [0.2, 0.25) is 0 Å². The van der Waals surface area contributed by atoms with E-state index in [-0.39, 0.29) is 11.7 Å². The normalized spacial score (nSPS) is 20.0. The van der Waals surface area contributed by atoms with Crippen LogP contribution in [0.15, 0.2) is 17.1 Å². The summed E-state index contributed by atoms with van der Waals surface area (Å²) >= 11 is 1.48. The molecule has 0 saturated heterocycles. The molecule has 1 unspecified atom stereocenters. The highest BCUT2D eigenvalue weighted by Gasteiger charge is 2.14. The number of anilines is 1. The Bertz CT molecular complexity index is 439. The molecule has 1 atom stereocenters. The van der Waals surface area contributed by atoms with E-state index in [4.69, 9.17) is 0 Å². The van der Waals surface area contributed by atoms with Gasteiger partial charge in [0, 0.05) is 23.6 Å². The zero-order chi connectivity index (χ0) is 12.4. The number of aliphatic imine (C=N–C) groups is 1. The van der Waals surface area contributed by atoms with E-state index in [1.165, 1.54) is 11.8 Å². The third kappa shape index (κ3) is 2.94. The van der Waals surface area contributed by atoms with E-state index in [1.807, 2.05) is 6.92 Å². The Kier molecular flexibility index (Phi) is 3.61. The number of halogens is 3. The fourth-order valence-electron chi connectivity index (χ4n) is 1.45. The Morgan fingerprint density at radius 2 is 1.94 bits per heavy atom. The van der Waals surface area contributed by atoms with E-state index in [1.54, 1.807) is 0 Å². The minimum absolute atomic E-state index is 0.168. The van der Waals surface area contributed by atoms with Crippen LogP contribution in [0.2, 0.25) is 0 Å². The van der Waals surface area contributed by atoms with E-state index < -0.39 is 17.5 Å². The number of amidine groups is 1. The predicted octanol–water partition coefficient (Wildman–Crippen LogP) is 3.40. The maximum absolute atomic E-state index is 13.0. The Balaban J connectivity index is 2.19. The topological polar surface area (TPSA) is 24.4 Å². The second kappa shape index (κ2) is 5.00. The quantitative estimate of drug-likeness (QED) is 0.783. The molecule has 1 aliphatic rings. The van der Waals surface area contributed by atoms with E-state index >= 15 is 0 Å². The molecule has 1 aliphatic heterocycles. The minimum Gasteiger partial charge on any atom is -0.335 e. The summed E-state index contributed by atoms with van der Waals surface area (Å²) in [5.41, 5.74) is 0.168. The number of hydrogen-bond donors (Lipinski definition) is 1. The van der Waals surface area contributed by atoms with Gasteiger partial charge in [-0.15, -0.1) is 0 Å². The average Bonchev–Trinajstić information content (AvgIpc) is 2.26. The van der Waals surface area contributed by atoms with Gasteiger partial charge in [-0.3, -0.25) is 4.99 Å². The van der Waals surface area contributed by atoms with E-state index in [0.717, 1.165) is 24.3 Å². The predicted molar refractivity (Wildman–Crippen MR) is 63.9 cm³/mol. The zero-order valence-electron chi connectivity index (χ0n) is 9.14. The Morgan fingerprint density at radius 1 is 1.29 bits per heavy atom. The first-order valence-electron chi connectivity index (χ1n) is 5.18. The van der Waals surface area contributed by atoms with Gasteiger partial charge >= 0.3 is 0 Å². The smallest absolute Gasteiger partial charge is 0.194 e. The lowest BCUT2D eigenvalue weighted by Gasteiger charge is -2.17. The Labute approximate surface area is 101 Å². The molecule has 0 saturated carbocycles. The van der Waals surface area contributed by atoms with Gasteiger partial charge in [-0.2, -0.15) is 0 Å². The van der Waals surface area contributed by atoms with Crippen molar-refractivity contribution in [2.24, 2.45) is 4.99 Å². The first-order chi connectivity index (χ1) is 8.06. The molecule has 6 heteroatoms. The lowest BCUT2D eigenvalue weighted by molar-refractivity contribution is 0.448. The first kappa shape index (κ1) is 12.3. The second-order valence-electron chi connectivity index (χ2n) is 3.80. The molecular weight excluding hydrogens is 249 g/mol. The maximum atomic E-state index is 13.0. The number of benzene rings is 1. The van der Waals surface area contributed by atoms with Crippen LogP contribution in [0.1, 0.15) is 13.3 Å². The van der Waals surface area contributed by atoms with Crippen LogP contribution < -0.4 is 5.32 Å². The molecule has 0 bridgehead atoms. The van der Waals surface area contributed by atoms with Gasteiger partial charge in [-0.05, 0) is 13.3 Å². The minimum atomic E-state index is -1.46. The van der Waals surface area contributed by atoms with Crippen LogP contribution in [-0.4, -0.2) is 17.0 Å². The van der Waals surface area contributed by atoms with Crippen molar-refractivity contribution >= 4 is 22.6 Å². The lowest BCUT2D eigenvalue weighted by Crippen LogP contribution is -2.18. The summed E-state index contributed by atoms with van der Waals surface area (Å²) in [6.45, 7) is 1.97. The van der Waals surface area contributed by atoms with Gasteiger partial charge in [0.05, 0.1) is 6.04 Å². The van der Waals surface area contributed by atoms with Gasteiger partial charge in [0.1, 0.15) is 0 Å². The molecule has 1 aromatic rings. The van der Waals surface area contributed by atoms with Gasteiger partial charge in [0.15, 0.2) is 22.6 Å². The van der Waals surface area contributed by atoms with Crippen molar-refractivity contribution in [2.45, 2.75) is 19.4 Å². The molecular formula is C11H11F3N2S. The van der Waals surface area contributed by atoms with Crippen LogP contribution in [0.3, 0.4) is 0 Å². The largest absolute Gasteiger partial charge is 0.335 e. The molecule has 2 nitrogen and oxygen atoms in total. The summed E-state index contributed by atoms with van der Waals surface area (Å²) in [6, 6.07) is 2.02. The molecule has 17 heavy (non-hydrogen) atoms. The molecule has 0 fully saturated rings. The Hall–Kier alpha value is -1.17. The van der Waals surface area contributed by atoms with Crippen LogP contribution in [-0.2, 0) is 0 Å². The molecule has 0 aliphatic carbocycles. The van der Waals surface area contributed by atoms with Crippen LogP contribution in [0.4, 0.5) is 18.9 Å². The number of rotatable bonds is 1. The van der Waals surface area contributed by atoms with Gasteiger partial charge < -0.3 is 5.32 Å². The summed E-state index contributed by atoms with van der Waals surface area (Å²) in [5.74, 6) is -2.97. The zero-order valence-corrected chi connectivity index (χ0v) is 9.95. The maximum Gasteiger partial charge on any atom is 0.194 e. The molecule has 1 N–H and O–H groups in total.